The summed E-state index contributed by atoms with van der Waals surface area (Å²) in [6, 6.07) is 7.82. The number of para-hydroxylation sites is 1. The lowest BCUT2D eigenvalue weighted by Crippen LogP contribution is -2.55. The van der Waals surface area contributed by atoms with E-state index < -0.39 is 5.60 Å². The number of hydrogen-bond donors (Lipinski definition) is 1. The number of likely N-dealkylation sites (tertiary alicyclic amines) is 1. The number of ether oxygens (including phenoxy) is 1. The molecule has 4 rings (SSSR count). The van der Waals surface area contributed by atoms with Gasteiger partial charge in [-0.3, -0.25) is 0 Å². The molecule has 1 unspecified atom stereocenters. The Morgan fingerprint density at radius 2 is 2.28 bits per heavy atom. The summed E-state index contributed by atoms with van der Waals surface area (Å²) in [5.74, 6) is 1.36. The third-order valence-corrected chi connectivity index (χ3v) is 4.52. The van der Waals surface area contributed by atoms with Gasteiger partial charge in [-0.1, -0.05) is 24.3 Å². The predicted octanol–water partition coefficient (Wildman–Crippen LogP) is 1.36. The standard InChI is InChI=1S/C17H20N6O2/c1-22-20-15(19-21-22)11-18-16(24)23-10-4-8-17(12-23)9-7-13-5-2-3-6-14(13)25-17/h2-3,5-7,9H,4,8,10-12H2,1H3,(H,18,24). The number of carbonyl (C=O) groups excluding carboxylic acids is 1. The van der Waals surface area contributed by atoms with E-state index in [-0.39, 0.29) is 12.6 Å². The highest BCUT2D eigenvalue weighted by Gasteiger charge is 2.39. The molecule has 1 N–H and O–H groups in total. The fourth-order valence-electron chi connectivity index (χ4n) is 3.31. The minimum absolute atomic E-state index is 0.137. The number of urea groups is 1. The van der Waals surface area contributed by atoms with Crippen LogP contribution in [0.2, 0.25) is 0 Å². The fourth-order valence-corrected chi connectivity index (χ4v) is 3.31. The van der Waals surface area contributed by atoms with Gasteiger partial charge in [0.05, 0.1) is 20.1 Å². The molecule has 2 aromatic rings. The molecule has 130 valence electrons. The summed E-state index contributed by atoms with van der Waals surface area (Å²) < 4.78 is 6.26. The third kappa shape index (κ3) is 3.19. The SMILES string of the molecule is Cn1nnc(CNC(=O)N2CCCC3(C=Cc4ccccc4O3)C2)n1. The number of piperidine rings is 1. The number of nitrogens with zero attached hydrogens (tertiary/aromatic N) is 5. The van der Waals surface area contributed by atoms with Crippen molar-refractivity contribution >= 4 is 12.1 Å². The molecule has 2 aliphatic rings. The second kappa shape index (κ2) is 6.19. The summed E-state index contributed by atoms with van der Waals surface area (Å²) >= 11 is 0. The van der Waals surface area contributed by atoms with Crippen LogP contribution < -0.4 is 10.1 Å². The van der Waals surface area contributed by atoms with E-state index in [1.165, 1.54) is 4.80 Å². The van der Waals surface area contributed by atoms with Crippen molar-refractivity contribution in [1.82, 2.24) is 30.4 Å². The fraction of sp³-hybridized carbons (Fsp3) is 0.412. The molecule has 8 heteroatoms. The molecule has 1 fully saturated rings. The summed E-state index contributed by atoms with van der Waals surface area (Å²) in [5.41, 5.74) is 0.623. The molecule has 2 aliphatic heterocycles. The molecule has 0 saturated carbocycles. The van der Waals surface area contributed by atoms with E-state index in [0.717, 1.165) is 24.2 Å². The number of benzene rings is 1. The summed E-state index contributed by atoms with van der Waals surface area (Å²) in [7, 11) is 1.69. The van der Waals surface area contributed by atoms with Crippen molar-refractivity contribution in [2.45, 2.75) is 25.0 Å². The highest BCUT2D eigenvalue weighted by atomic mass is 16.5. The first kappa shape index (κ1) is 15.6. The molecule has 8 nitrogen and oxygen atoms in total. The molecule has 1 saturated heterocycles. The number of fused-ring (bicyclic) bond motifs is 1. The number of amides is 2. The molecule has 0 aliphatic carbocycles. The van der Waals surface area contributed by atoms with Crippen molar-refractivity contribution in [3.8, 4) is 5.75 Å². The van der Waals surface area contributed by atoms with Crippen molar-refractivity contribution in [3.05, 3.63) is 41.7 Å². The Labute approximate surface area is 145 Å². The van der Waals surface area contributed by atoms with Gasteiger partial charge < -0.3 is 15.0 Å². The Morgan fingerprint density at radius 3 is 3.12 bits per heavy atom. The lowest BCUT2D eigenvalue weighted by atomic mass is 9.89. The van der Waals surface area contributed by atoms with E-state index in [2.05, 4.69) is 32.9 Å². The molecule has 0 radical (unpaired) electrons. The summed E-state index contributed by atoms with van der Waals surface area (Å²) in [4.78, 5) is 15.7. The Bertz CT molecular complexity index is 817. The Kier molecular flexibility index (Phi) is 3.87. The quantitative estimate of drug-likeness (QED) is 0.892. The van der Waals surface area contributed by atoms with Gasteiger partial charge in [0.15, 0.2) is 5.82 Å². The largest absolute Gasteiger partial charge is 0.481 e. The number of rotatable bonds is 2. The van der Waals surface area contributed by atoms with Crippen molar-refractivity contribution in [2.75, 3.05) is 13.1 Å². The molecule has 1 spiro atoms. The van der Waals surface area contributed by atoms with Crippen LogP contribution in [0.1, 0.15) is 24.2 Å². The van der Waals surface area contributed by atoms with Gasteiger partial charge in [-0.15, -0.1) is 10.2 Å². The Balaban J connectivity index is 1.42. The van der Waals surface area contributed by atoms with E-state index in [4.69, 9.17) is 4.74 Å². The van der Waals surface area contributed by atoms with Crippen LogP contribution >= 0.6 is 0 Å². The van der Waals surface area contributed by atoms with Crippen LogP contribution in [0.25, 0.3) is 6.08 Å². The molecule has 0 bridgehead atoms. The molecule has 2 amide bonds. The first-order valence-electron chi connectivity index (χ1n) is 8.37. The highest BCUT2D eigenvalue weighted by molar-refractivity contribution is 5.74. The molecule has 1 aromatic carbocycles. The van der Waals surface area contributed by atoms with Crippen LogP contribution in [0.5, 0.6) is 5.75 Å². The summed E-state index contributed by atoms with van der Waals surface area (Å²) in [6.45, 7) is 1.49. The third-order valence-electron chi connectivity index (χ3n) is 4.52. The zero-order chi connectivity index (χ0) is 17.3. The van der Waals surface area contributed by atoms with E-state index in [9.17, 15) is 4.79 Å². The monoisotopic (exact) mass is 340 g/mol. The van der Waals surface area contributed by atoms with E-state index in [1.54, 1.807) is 11.9 Å². The van der Waals surface area contributed by atoms with E-state index >= 15 is 0 Å². The van der Waals surface area contributed by atoms with Crippen molar-refractivity contribution in [3.63, 3.8) is 0 Å². The van der Waals surface area contributed by atoms with Crippen LogP contribution in [-0.4, -0.2) is 49.8 Å². The summed E-state index contributed by atoms with van der Waals surface area (Å²) in [5, 5.41) is 14.5. The first-order chi connectivity index (χ1) is 12.1. The first-order valence-corrected chi connectivity index (χ1v) is 8.37. The van der Waals surface area contributed by atoms with Gasteiger partial charge in [-0.2, -0.15) is 4.80 Å². The second-order valence-electron chi connectivity index (χ2n) is 6.42. The van der Waals surface area contributed by atoms with E-state index in [0.29, 0.717) is 18.9 Å². The summed E-state index contributed by atoms with van der Waals surface area (Å²) in [6.07, 6.45) is 5.96. The number of aromatic nitrogens is 4. The maximum atomic E-state index is 12.5. The smallest absolute Gasteiger partial charge is 0.317 e. The topological polar surface area (TPSA) is 85.2 Å². The molecule has 1 aromatic heterocycles. The van der Waals surface area contributed by atoms with Gasteiger partial charge in [0.1, 0.15) is 11.4 Å². The van der Waals surface area contributed by atoms with E-state index in [1.807, 2.05) is 24.3 Å². The maximum Gasteiger partial charge on any atom is 0.317 e. The number of hydrogen-bond acceptors (Lipinski definition) is 5. The molecule has 3 heterocycles. The average Bonchev–Trinajstić information content (AvgIpc) is 3.05. The molecule has 25 heavy (non-hydrogen) atoms. The minimum atomic E-state index is -0.450. The Morgan fingerprint density at radius 1 is 1.40 bits per heavy atom. The van der Waals surface area contributed by atoms with Gasteiger partial charge in [-0.25, -0.2) is 4.79 Å². The average molecular weight is 340 g/mol. The molecule has 1 atom stereocenters. The number of tetrazole rings is 1. The van der Waals surface area contributed by atoms with Crippen molar-refractivity contribution < 1.29 is 9.53 Å². The van der Waals surface area contributed by atoms with Gasteiger partial charge in [0, 0.05) is 12.1 Å². The van der Waals surface area contributed by atoms with Gasteiger partial charge in [0.25, 0.3) is 0 Å². The highest BCUT2D eigenvalue weighted by Crippen LogP contribution is 2.35. The maximum absolute atomic E-state index is 12.5. The van der Waals surface area contributed by atoms with Crippen LogP contribution in [-0.2, 0) is 13.6 Å². The Hall–Kier alpha value is -2.90. The lowest BCUT2D eigenvalue weighted by Gasteiger charge is -2.42. The number of nitrogens with one attached hydrogen (secondary N) is 1. The van der Waals surface area contributed by atoms with Crippen LogP contribution in [0.15, 0.2) is 30.3 Å². The normalized spacial score (nSPS) is 21.7. The minimum Gasteiger partial charge on any atom is -0.481 e. The van der Waals surface area contributed by atoms with Crippen molar-refractivity contribution in [2.24, 2.45) is 7.05 Å². The number of carbonyl (C=O) groups is 1. The van der Waals surface area contributed by atoms with Gasteiger partial charge in [0.2, 0.25) is 0 Å². The zero-order valence-electron chi connectivity index (χ0n) is 14.1. The van der Waals surface area contributed by atoms with Crippen LogP contribution in [0.3, 0.4) is 0 Å². The van der Waals surface area contributed by atoms with Crippen molar-refractivity contribution in [1.29, 1.82) is 0 Å². The second-order valence-corrected chi connectivity index (χ2v) is 6.42. The van der Waals surface area contributed by atoms with Crippen LogP contribution in [0, 0.1) is 0 Å². The lowest BCUT2D eigenvalue weighted by molar-refractivity contribution is 0.0414. The van der Waals surface area contributed by atoms with Gasteiger partial charge in [-0.05, 0) is 30.2 Å². The zero-order valence-corrected chi connectivity index (χ0v) is 14.1. The molecular weight excluding hydrogens is 320 g/mol. The van der Waals surface area contributed by atoms with Crippen LogP contribution in [0.4, 0.5) is 4.79 Å². The number of aryl methyl sites for hydroxylation is 1. The predicted molar refractivity (Wildman–Crippen MR) is 90.7 cm³/mol. The molecular formula is C17H20N6O2. The van der Waals surface area contributed by atoms with Gasteiger partial charge >= 0.3 is 6.03 Å².